The Balaban J connectivity index is 2.32. The van der Waals surface area contributed by atoms with E-state index in [4.69, 9.17) is 11.6 Å². The van der Waals surface area contributed by atoms with Crippen molar-refractivity contribution in [3.8, 4) is 11.4 Å². The number of fused-ring (bicyclic) bond motifs is 1. The van der Waals surface area contributed by atoms with Crippen molar-refractivity contribution in [2.45, 2.75) is 13.5 Å². The highest BCUT2D eigenvalue weighted by molar-refractivity contribution is 6.30. The predicted octanol–water partition coefficient (Wildman–Crippen LogP) is 2.46. The summed E-state index contributed by atoms with van der Waals surface area (Å²) in [5.74, 6) is 0.721. The number of aromatic nitrogens is 4. The molecule has 2 heterocycles. The Morgan fingerprint density at radius 1 is 1.32 bits per heavy atom. The van der Waals surface area contributed by atoms with Gasteiger partial charge in [-0.05, 0) is 31.2 Å². The molecule has 6 heteroatoms. The van der Waals surface area contributed by atoms with Crippen LogP contribution in [0.2, 0.25) is 5.02 Å². The third kappa shape index (κ3) is 1.92. The summed E-state index contributed by atoms with van der Waals surface area (Å²) in [5, 5.41) is 0.666. The first-order valence-corrected chi connectivity index (χ1v) is 6.28. The first kappa shape index (κ1) is 11.9. The highest BCUT2D eigenvalue weighted by atomic mass is 35.5. The van der Waals surface area contributed by atoms with Gasteiger partial charge in [-0.15, -0.1) is 0 Å². The van der Waals surface area contributed by atoms with Crippen LogP contribution in [-0.2, 0) is 6.54 Å². The summed E-state index contributed by atoms with van der Waals surface area (Å²) < 4.78 is 1.91. The minimum Gasteiger partial charge on any atom is -0.311 e. The molecule has 0 aliphatic rings. The van der Waals surface area contributed by atoms with Gasteiger partial charge in [0.1, 0.15) is 5.82 Å². The summed E-state index contributed by atoms with van der Waals surface area (Å²) >= 11 is 5.88. The summed E-state index contributed by atoms with van der Waals surface area (Å²) in [6, 6.07) is 7.36. The van der Waals surface area contributed by atoms with Gasteiger partial charge in [0, 0.05) is 17.1 Å². The summed E-state index contributed by atoms with van der Waals surface area (Å²) in [7, 11) is 0. The van der Waals surface area contributed by atoms with Gasteiger partial charge < -0.3 is 9.55 Å². The van der Waals surface area contributed by atoms with Gasteiger partial charge in [-0.1, -0.05) is 11.6 Å². The maximum Gasteiger partial charge on any atom is 0.278 e. The van der Waals surface area contributed by atoms with E-state index < -0.39 is 0 Å². The molecule has 3 aromatic rings. The van der Waals surface area contributed by atoms with E-state index in [1.54, 1.807) is 12.1 Å². The molecule has 1 N–H and O–H groups in total. The van der Waals surface area contributed by atoms with Crippen LogP contribution < -0.4 is 5.56 Å². The van der Waals surface area contributed by atoms with E-state index in [2.05, 4.69) is 15.0 Å². The number of rotatable bonds is 2. The zero-order chi connectivity index (χ0) is 13.4. The monoisotopic (exact) mass is 274 g/mol. The molecule has 1 aromatic carbocycles. The van der Waals surface area contributed by atoms with E-state index in [9.17, 15) is 4.79 Å². The number of aryl methyl sites for hydroxylation is 1. The second kappa shape index (κ2) is 4.51. The van der Waals surface area contributed by atoms with Crippen LogP contribution in [0.5, 0.6) is 0 Å². The standard InChI is InChI=1S/C13H11ClN4O/c1-2-18-11(8-3-5-9(14)6-4-8)17-10-12(18)15-7-16-13(10)19/h3-7H,2H2,1H3,(H,15,16,19). The van der Waals surface area contributed by atoms with E-state index in [0.29, 0.717) is 22.7 Å². The Kier molecular flexibility index (Phi) is 2.83. The van der Waals surface area contributed by atoms with Crippen LogP contribution in [0.4, 0.5) is 0 Å². The summed E-state index contributed by atoms with van der Waals surface area (Å²) in [6.45, 7) is 2.67. The van der Waals surface area contributed by atoms with Crippen LogP contribution in [-0.4, -0.2) is 19.5 Å². The SMILES string of the molecule is CCn1c(-c2ccc(Cl)cc2)nc2c(=O)[nH]cnc21. The number of nitrogens with zero attached hydrogens (tertiary/aromatic N) is 3. The molecule has 0 fully saturated rings. The Hall–Kier alpha value is -2.14. The lowest BCUT2D eigenvalue weighted by Crippen LogP contribution is -2.07. The first-order chi connectivity index (χ1) is 9.20. The highest BCUT2D eigenvalue weighted by Crippen LogP contribution is 2.23. The maximum atomic E-state index is 11.8. The molecule has 2 aromatic heterocycles. The van der Waals surface area contributed by atoms with Crippen LogP contribution in [0, 0.1) is 0 Å². The molecule has 96 valence electrons. The smallest absolute Gasteiger partial charge is 0.278 e. The van der Waals surface area contributed by atoms with Crippen LogP contribution in [0.25, 0.3) is 22.6 Å². The molecule has 0 atom stereocenters. The molecule has 0 aliphatic heterocycles. The second-order valence-corrected chi connectivity index (χ2v) is 4.53. The Bertz CT molecular complexity index is 789. The van der Waals surface area contributed by atoms with Crippen molar-refractivity contribution in [3.63, 3.8) is 0 Å². The lowest BCUT2D eigenvalue weighted by Gasteiger charge is -2.05. The van der Waals surface area contributed by atoms with E-state index >= 15 is 0 Å². The van der Waals surface area contributed by atoms with Crippen molar-refractivity contribution in [3.05, 3.63) is 46.0 Å². The number of imidazole rings is 1. The van der Waals surface area contributed by atoms with Gasteiger partial charge in [-0.3, -0.25) is 4.79 Å². The topological polar surface area (TPSA) is 63.6 Å². The molecule has 3 rings (SSSR count). The van der Waals surface area contributed by atoms with Gasteiger partial charge >= 0.3 is 0 Å². The molecule has 5 nitrogen and oxygen atoms in total. The minimum atomic E-state index is -0.229. The van der Waals surface area contributed by atoms with Crippen molar-refractivity contribution >= 4 is 22.8 Å². The Morgan fingerprint density at radius 3 is 2.74 bits per heavy atom. The van der Waals surface area contributed by atoms with Crippen LogP contribution >= 0.6 is 11.6 Å². The molecule has 0 saturated carbocycles. The normalized spacial score (nSPS) is 11.1. The first-order valence-electron chi connectivity index (χ1n) is 5.90. The number of hydrogen-bond donors (Lipinski definition) is 1. The molecule has 0 saturated heterocycles. The number of aromatic amines is 1. The molecule has 0 radical (unpaired) electrons. The summed E-state index contributed by atoms with van der Waals surface area (Å²) in [4.78, 5) is 22.9. The second-order valence-electron chi connectivity index (χ2n) is 4.09. The van der Waals surface area contributed by atoms with E-state index in [1.165, 1.54) is 6.33 Å². The number of halogens is 1. The van der Waals surface area contributed by atoms with Crippen molar-refractivity contribution in [1.29, 1.82) is 0 Å². The molecular weight excluding hydrogens is 264 g/mol. The highest BCUT2D eigenvalue weighted by Gasteiger charge is 2.14. The lowest BCUT2D eigenvalue weighted by molar-refractivity contribution is 0.786. The van der Waals surface area contributed by atoms with Crippen molar-refractivity contribution in [2.75, 3.05) is 0 Å². The largest absolute Gasteiger partial charge is 0.311 e. The molecule has 0 aliphatic carbocycles. The summed E-state index contributed by atoms with van der Waals surface area (Å²) in [6.07, 6.45) is 1.39. The van der Waals surface area contributed by atoms with Crippen molar-refractivity contribution in [2.24, 2.45) is 0 Å². The van der Waals surface area contributed by atoms with Crippen molar-refractivity contribution in [1.82, 2.24) is 19.5 Å². The van der Waals surface area contributed by atoms with Crippen molar-refractivity contribution < 1.29 is 0 Å². The number of hydrogen-bond acceptors (Lipinski definition) is 3. The molecule has 0 amide bonds. The number of nitrogens with one attached hydrogen (secondary N) is 1. The quantitative estimate of drug-likeness (QED) is 0.781. The zero-order valence-corrected chi connectivity index (χ0v) is 11.0. The lowest BCUT2D eigenvalue weighted by atomic mass is 10.2. The third-order valence-corrected chi connectivity index (χ3v) is 3.21. The Morgan fingerprint density at radius 2 is 2.05 bits per heavy atom. The van der Waals surface area contributed by atoms with Crippen LogP contribution in [0.15, 0.2) is 35.4 Å². The predicted molar refractivity (Wildman–Crippen MR) is 74.3 cm³/mol. The van der Waals surface area contributed by atoms with E-state index in [-0.39, 0.29) is 5.56 Å². The maximum absolute atomic E-state index is 11.8. The van der Waals surface area contributed by atoms with Gasteiger partial charge in [-0.2, -0.15) is 0 Å². The fourth-order valence-corrected chi connectivity index (χ4v) is 2.19. The van der Waals surface area contributed by atoms with Gasteiger partial charge in [0.2, 0.25) is 0 Å². The Labute approximate surface area is 113 Å². The van der Waals surface area contributed by atoms with Crippen LogP contribution in [0.1, 0.15) is 6.92 Å². The molecule has 0 unspecified atom stereocenters. The minimum absolute atomic E-state index is 0.229. The van der Waals surface area contributed by atoms with Gasteiger partial charge in [0.05, 0.1) is 6.33 Å². The number of benzene rings is 1. The fourth-order valence-electron chi connectivity index (χ4n) is 2.07. The average Bonchev–Trinajstić information content (AvgIpc) is 2.79. The van der Waals surface area contributed by atoms with Gasteiger partial charge in [0.15, 0.2) is 11.2 Å². The molecule has 0 spiro atoms. The van der Waals surface area contributed by atoms with Crippen LogP contribution in [0.3, 0.4) is 0 Å². The average molecular weight is 275 g/mol. The third-order valence-electron chi connectivity index (χ3n) is 2.96. The fraction of sp³-hybridized carbons (Fsp3) is 0.154. The van der Waals surface area contributed by atoms with E-state index in [0.717, 1.165) is 11.4 Å². The molecule has 19 heavy (non-hydrogen) atoms. The van der Waals surface area contributed by atoms with Gasteiger partial charge in [-0.25, -0.2) is 9.97 Å². The van der Waals surface area contributed by atoms with Gasteiger partial charge in [0.25, 0.3) is 5.56 Å². The summed E-state index contributed by atoms with van der Waals surface area (Å²) in [5.41, 5.74) is 1.63. The molecular formula is C13H11ClN4O. The molecule has 0 bridgehead atoms. The number of H-pyrrole nitrogens is 1. The zero-order valence-electron chi connectivity index (χ0n) is 10.2. The van der Waals surface area contributed by atoms with E-state index in [1.807, 2.05) is 23.6 Å².